The van der Waals surface area contributed by atoms with Gasteiger partial charge < -0.3 is 15.1 Å². The summed E-state index contributed by atoms with van der Waals surface area (Å²) in [5.74, 6) is 1.83. The van der Waals surface area contributed by atoms with Crippen LogP contribution in [-0.2, 0) is 16.6 Å². The van der Waals surface area contributed by atoms with Crippen molar-refractivity contribution in [2.45, 2.75) is 44.3 Å². The zero-order valence-corrected chi connectivity index (χ0v) is 21.8. The van der Waals surface area contributed by atoms with E-state index in [0.29, 0.717) is 11.7 Å². The molecule has 186 valence electrons. The molecule has 1 unspecified atom stereocenters. The molecule has 0 saturated carbocycles. The van der Waals surface area contributed by atoms with E-state index in [2.05, 4.69) is 45.7 Å². The van der Waals surface area contributed by atoms with Gasteiger partial charge >= 0.3 is 0 Å². The van der Waals surface area contributed by atoms with Crippen LogP contribution in [0.1, 0.15) is 32.8 Å². The Morgan fingerprint density at radius 1 is 1.11 bits per heavy atom. The van der Waals surface area contributed by atoms with Gasteiger partial charge in [0.25, 0.3) is 10.0 Å². The molecule has 0 bridgehead atoms. The van der Waals surface area contributed by atoms with Crippen LogP contribution >= 0.6 is 0 Å². The Balaban J connectivity index is 1.51. The maximum atomic E-state index is 13.1. The third-order valence-electron chi connectivity index (χ3n) is 6.28. The Labute approximate surface area is 208 Å². The normalized spacial score (nSPS) is 17.4. The fourth-order valence-corrected chi connectivity index (χ4v) is 5.63. The van der Waals surface area contributed by atoms with E-state index in [1.54, 1.807) is 18.3 Å². The minimum absolute atomic E-state index is 0.0349. The third kappa shape index (κ3) is 5.74. The number of anilines is 4. The van der Waals surface area contributed by atoms with Gasteiger partial charge in [-0.3, -0.25) is 0 Å². The van der Waals surface area contributed by atoms with E-state index < -0.39 is 10.0 Å². The second kappa shape index (κ2) is 9.83. The molecule has 35 heavy (non-hydrogen) atoms. The molecule has 0 spiro atoms. The Bertz CT molecular complexity index is 1290. The Kier molecular flexibility index (Phi) is 7.00. The molecule has 4 rings (SSSR count). The molecule has 2 N–H and O–H groups in total. The number of aromatic nitrogens is 2. The van der Waals surface area contributed by atoms with Gasteiger partial charge in [-0.05, 0) is 62.6 Å². The number of nitrogens with one attached hydrogen (secondary N) is 2. The molecule has 1 fully saturated rings. The predicted octanol–water partition coefficient (Wildman–Crippen LogP) is 4.39. The van der Waals surface area contributed by atoms with Gasteiger partial charge in [0, 0.05) is 55.9 Å². The van der Waals surface area contributed by atoms with Gasteiger partial charge in [0.1, 0.15) is 11.6 Å². The second-order valence-electron chi connectivity index (χ2n) is 9.97. The van der Waals surface area contributed by atoms with Crippen LogP contribution in [0.4, 0.5) is 23.0 Å². The first-order valence-corrected chi connectivity index (χ1v) is 13.3. The lowest BCUT2D eigenvalue weighted by Crippen LogP contribution is -2.39. The summed E-state index contributed by atoms with van der Waals surface area (Å²) in [7, 11) is 0.105. The van der Waals surface area contributed by atoms with E-state index in [4.69, 9.17) is 0 Å². The van der Waals surface area contributed by atoms with Crippen molar-refractivity contribution in [3.05, 3.63) is 66.4 Å². The first kappa shape index (κ1) is 24.9. The van der Waals surface area contributed by atoms with E-state index in [9.17, 15) is 8.42 Å². The lowest BCUT2D eigenvalue weighted by Gasteiger charge is -2.34. The number of hydrogen-bond donors (Lipinski definition) is 2. The molecule has 3 heterocycles. The molecule has 2 aromatic heterocycles. The molecule has 0 amide bonds. The lowest BCUT2D eigenvalue weighted by atomic mass is 9.97. The molecule has 1 aliphatic heterocycles. The van der Waals surface area contributed by atoms with Crippen LogP contribution in [-0.4, -0.2) is 44.6 Å². The van der Waals surface area contributed by atoms with Gasteiger partial charge in [0.15, 0.2) is 5.03 Å². The van der Waals surface area contributed by atoms with Crippen LogP contribution < -0.4 is 19.8 Å². The van der Waals surface area contributed by atoms with E-state index in [-0.39, 0.29) is 17.1 Å². The summed E-state index contributed by atoms with van der Waals surface area (Å²) in [6.07, 6.45) is 2.82. The number of nitrogens with zero attached hydrogens (tertiary/aromatic N) is 4. The maximum absolute atomic E-state index is 13.1. The van der Waals surface area contributed by atoms with E-state index in [1.807, 2.05) is 55.4 Å². The van der Waals surface area contributed by atoms with Crippen LogP contribution in [0.25, 0.3) is 0 Å². The standard InChI is InChI=1S/C26H34N6O2S/c1-19-16-26(2,3)32(18-19)25-20(9-8-14-27-25)17-28-35(33,34)24-13-7-12-23(30-24)29-21-10-6-11-22(15-21)31(4)5/h6-15,19,28H,16-18H2,1-5H3,(H,29,30). The summed E-state index contributed by atoms with van der Waals surface area (Å²) >= 11 is 0. The number of benzene rings is 1. The van der Waals surface area contributed by atoms with Crippen molar-refractivity contribution in [1.82, 2.24) is 14.7 Å². The average Bonchev–Trinajstić information content (AvgIpc) is 3.10. The fourth-order valence-electron chi connectivity index (χ4n) is 4.66. The Morgan fingerprint density at radius 3 is 2.60 bits per heavy atom. The van der Waals surface area contributed by atoms with Crippen molar-refractivity contribution in [3.8, 4) is 0 Å². The van der Waals surface area contributed by atoms with Gasteiger partial charge in [-0.25, -0.2) is 23.1 Å². The number of rotatable bonds is 8. The maximum Gasteiger partial charge on any atom is 0.258 e. The van der Waals surface area contributed by atoms with Crippen molar-refractivity contribution in [2.24, 2.45) is 5.92 Å². The van der Waals surface area contributed by atoms with Crippen molar-refractivity contribution >= 4 is 33.0 Å². The van der Waals surface area contributed by atoms with Gasteiger partial charge in [-0.15, -0.1) is 0 Å². The zero-order chi connectivity index (χ0) is 25.2. The van der Waals surface area contributed by atoms with Crippen LogP contribution in [0.3, 0.4) is 0 Å². The predicted molar refractivity (Wildman–Crippen MR) is 142 cm³/mol. The molecule has 1 saturated heterocycles. The zero-order valence-electron chi connectivity index (χ0n) is 21.0. The van der Waals surface area contributed by atoms with Crippen LogP contribution in [0, 0.1) is 5.92 Å². The molecule has 9 heteroatoms. The van der Waals surface area contributed by atoms with Gasteiger partial charge in [0.2, 0.25) is 0 Å². The van der Waals surface area contributed by atoms with Crippen molar-refractivity contribution in [3.63, 3.8) is 0 Å². The van der Waals surface area contributed by atoms with E-state index >= 15 is 0 Å². The summed E-state index contributed by atoms with van der Waals surface area (Å²) < 4.78 is 29.0. The summed E-state index contributed by atoms with van der Waals surface area (Å²) in [5.41, 5.74) is 2.66. The highest BCUT2D eigenvalue weighted by molar-refractivity contribution is 7.89. The van der Waals surface area contributed by atoms with Gasteiger partial charge in [-0.2, -0.15) is 0 Å². The minimum Gasteiger partial charge on any atom is -0.378 e. The first-order chi connectivity index (χ1) is 16.5. The van der Waals surface area contributed by atoms with Crippen LogP contribution in [0.15, 0.2) is 65.8 Å². The summed E-state index contributed by atoms with van der Waals surface area (Å²) in [6.45, 7) is 7.67. The molecule has 0 aliphatic carbocycles. The van der Waals surface area contributed by atoms with E-state index in [1.165, 1.54) is 6.07 Å². The van der Waals surface area contributed by atoms with E-state index in [0.717, 1.165) is 35.7 Å². The minimum atomic E-state index is -3.83. The monoisotopic (exact) mass is 494 g/mol. The molecule has 3 aromatic rings. The molecule has 8 nitrogen and oxygen atoms in total. The largest absolute Gasteiger partial charge is 0.378 e. The first-order valence-electron chi connectivity index (χ1n) is 11.8. The van der Waals surface area contributed by atoms with Crippen LogP contribution in [0.2, 0.25) is 0 Å². The Hall–Kier alpha value is -3.17. The molecule has 1 aliphatic rings. The summed E-state index contributed by atoms with van der Waals surface area (Å²) in [5, 5.41) is 3.16. The van der Waals surface area contributed by atoms with Gasteiger partial charge in [0.05, 0.1) is 0 Å². The molecular formula is C26H34N6O2S. The SMILES string of the molecule is CC1CN(c2ncccc2CNS(=O)(=O)c2cccc(Nc3cccc(N(C)C)c3)n2)C(C)(C)C1. The van der Waals surface area contributed by atoms with Crippen molar-refractivity contribution < 1.29 is 8.42 Å². The molecule has 1 aromatic carbocycles. The molecule has 1 atom stereocenters. The quantitative estimate of drug-likeness (QED) is 0.480. The van der Waals surface area contributed by atoms with Gasteiger partial charge in [-0.1, -0.05) is 25.1 Å². The highest BCUT2D eigenvalue weighted by Gasteiger charge is 2.38. The number of sulfonamides is 1. The van der Waals surface area contributed by atoms with Crippen molar-refractivity contribution in [2.75, 3.05) is 35.8 Å². The number of hydrogen-bond acceptors (Lipinski definition) is 7. The highest BCUT2D eigenvalue weighted by atomic mass is 32.2. The third-order valence-corrected chi connectivity index (χ3v) is 7.58. The second-order valence-corrected chi connectivity index (χ2v) is 11.7. The molecular weight excluding hydrogens is 460 g/mol. The Morgan fingerprint density at radius 2 is 1.89 bits per heavy atom. The highest BCUT2D eigenvalue weighted by Crippen LogP contribution is 2.37. The smallest absolute Gasteiger partial charge is 0.258 e. The summed E-state index contributed by atoms with van der Waals surface area (Å²) in [6, 6.07) is 16.5. The average molecular weight is 495 g/mol. The number of pyridine rings is 2. The molecule has 0 radical (unpaired) electrons. The summed E-state index contributed by atoms with van der Waals surface area (Å²) in [4.78, 5) is 13.2. The topological polar surface area (TPSA) is 90.5 Å². The fraction of sp³-hybridized carbons (Fsp3) is 0.385. The van der Waals surface area contributed by atoms with Crippen molar-refractivity contribution in [1.29, 1.82) is 0 Å². The lowest BCUT2D eigenvalue weighted by molar-refractivity contribution is 0.485. The van der Waals surface area contributed by atoms with Crippen LogP contribution in [0.5, 0.6) is 0 Å².